The minimum atomic E-state index is -0.862. The number of rotatable bonds is 5. The van der Waals surface area contributed by atoms with Gasteiger partial charge in [-0.2, -0.15) is 0 Å². The number of pyridine rings is 1. The normalized spacial score (nSPS) is 17.2. The third kappa shape index (κ3) is 7.26. The molecule has 4 rings (SSSR count). The molecule has 0 saturated heterocycles. The molecule has 0 radical (unpaired) electrons. The number of fused-ring (bicyclic) bond motifs is 1. The molecule has 2 amide bonds. The summed E-state index contributed by atoms with van der Waals surface area (Å²) >= 11 is 5.93. The average molecular weight is 610 g/mol. The highest BCUT2D eigenvalue weighted by Crippen LogP contribution is 2.36. The Morgan fingerprint density at radius 1 is 1.19 bits per heavy atom. The Kier molecular flexibility index (Phi) is 10.3. The molecule has 1 aliphatic rings. The molecule has 11 heteroatoms. The second kappa shape index (κ2) is 14.1. The molecule has 0 saturated carbocycles. The number of methoxy groups -OCH3 is 1. The summed E-state index contributed by atoms with van der Waals surface area (Å²) < 4.78 is 35.6. The Hall–Kier alpha value is -4.57. The van der Waals surface area contributed by atoms with Crippen LogP contribution in [0.4, 0.5) is 25.0 Å². The fraction of sp³-hybridized carbons (Fsp3) is 0.250. The number of nitrogens with one attached hydrogen (secondary N) is 2. The van der Waals surface area contributed by atoms with Crippen LogP contribution in [0.1, 0.15) is 49.8 Å². The Morgan fingerprint density at radius 2 is 1.98 bits per heavy atom. The van der Waals surface area contributed by atoms with Crippen LogP contribution in [0.2, 0.25) is 5.02 Å². The predicted octanol–water partition coefficient (Wildman–Crippen LogP) is 7.09. The van der Waals surface area contributed by atoms with Crippen molar-refractivity contribution in [2.75, 3.05) is 24.9 Å². The Balaban J connectivity index is 1.81. The number of hydrogen-bond acceptors (Lipinski definition) is 5. The summed E-state index contributed by atoms with van der Waals surface area (Å²) in [6.07, 6.45) is 6.47. The number of carbonyl (C=O) groups is 2. The zero-order chi connectivity index (χ0) is 31.1. The molecule has 0 bridgehead atoms. The molecule has 2 aromatic carbocycles. The number of aromatic nitrogens is 1. The number of amides is 2. The quantitative estimate of drug-likeness (QED) is 0.183. The van der Waals surface area contributed by atoms with Crippen LogP contribution in [-0.4, -0.2) is 32.4 Å². The lowest BCUT2D eigenvalue weighted by Crippen LogP contribution is -2.45. The van der Waals surface area contributed by atoms with Crippen LogP contribution in [0, 0.1) is 11.6 Å². The molecular formula is C32H32ClF2N4O4+. The van der Waals surface area contributed by atoms with Gasteiger partial charge in [-0.25, -0.2) is 13.6 Å². The second-order valence-electron chi connectivity index (χ2n) is 9.78. The molecule has 0 aliphatic carbocycles. The van der Waals surface area contributed by atoms with Gasteiger partial charge >= 0.3 is 6.09 Å². The van der Waals surface area contributed by atoms with Gasteiger partial charge in [0.25, 0.3) is 0 Å². The van der Waals surface area contributed by atoms with E-state index < -0.39 is 17.7 Å². The van der Waals surface area contributed by atoms with Crippen molar-refractivity contribution < 1.29 is 32.7 Å². The SMILES string of the molecule is C=C1/C=C(\N=CC)c2ccc(NC(=O)OC)cc2NC(=O)CCCC[C@@H]1c1ccc(-c2c(F)ccc(Cl)c2F)c[n+]1OC. The molecular weight excluding hydrogens is 578 g/mol. The van der Waals surface area contributed by atoms with Gasteiger partial charge < -0.3 is 10.1 Å². The van der Waals surface area contributed by atoms with Gasteiger partial charge in [-0.1, -0.05) is 24.6 Å². The van der Waals surface area contributed by atoms with E-state index in [1.807, 2.05) is 6.08 Å². The third-order valence-electron chi connectivity index (χ3n) is 7.02. The van der Waals surface area contributed by atoms with Crippen molar-refractivity contribution in [2.45, 2.75) is 38.5 Å². The van der Waals surface area contributed by atoms with Crippen molar-refractivity contribution in [1.29, 1.82) is 0 Å². The second-order valence-corrected chi connectivity index (χ2v) is 10.2. The Morgan fingerprint density at radius 3 is 2.70 bits per heavy atom. The number of halogens is 3. The van der Waals surface area contributed by atoms with Crippen molar-refractivity contribution in [3.05, 3.63) is 94.8 Å². The predicted molar refractivity (Wildman–Crippen MR) is 163 cm³/mol. The summed E-state index contributed by atoms with van der Waals surface area (Å²) in [7, 11) is 2.72. The lowest BCUT2D eigenvalue weighted by molar-refractivity contribution is -0.890. The molecule has 3 aromatic rings. The number of benzene rings is 2. The smallest absolute Gasteiger partial charge is 0.411 e. The first-order chi connectivity index (χ1) is 20.7. The molecule has 1 atom stereocenters. The number of carbonyl (C=O) groups excluding carboxylic acids is 2. The largest absolute Gasteiger partial charge is 0.453 e. The van der Waals surface area contributed by atoms with Crippen LogP contribution in [0.15, 0.2) is 71.9 Å². The molecule has 0 fully saturated rings. The van der Waals surface area contributed by atoms with Gasteiger partial charge in [-0.3, -0.25) is 19.9 Å². The van der Waals surface area contributed by atoms with Crippen LogP contribution in [-0.2, 0) is 9.53 Å². The fourth-order valence-corrected chi connectivity index (χ4v) is 5.10. The van der Waals surface area contributed by atoms with Crippen LogP contribution in [0.25, 0.3) is 16.8 Å². The molecule has 2 heterocycles. The van der Waals surface area contributed by atoms with E-state index in [2.05, 4.69) is 26.9 Å². The Labute approximate surface area is 253 Å². The minimum absolute atomic E-state index is 0.186. The van der Waals surface area contributed by atoms with Gasteiger partial charge in [0.1, 0.15) is 12.9 Å². The molecule has 43 heavy (non-hydrogen) atoms. The van der Waals surface area contributed by atoms with E-state index in [9.17, 15) is 18.4 Å². The number of ether oxygens (including phenoxy) is 1. The number of aliphatic imine (C=N–C) groups is 1. The van der Waals surface area contributed by atoms with Gasteiger partial charge in [-0.05, 0) is 67.8 Å². The fourth-order valence-electron chi connectivity index (χ4n) is 4.95. The first kappa shape index (κ1) is 31.4. The van der Waals surface area contributed by atoms with Gasteiger partial charge in [-0.15, -0.1) is 0 Å². The number of hydrogen-bond donors (Lipinski definition) is 2. The van der Waals surface area contributed by atoms with Crippen molar-refractivity contribution in [3.63, 3.8) is 0 Å². The molecule has 8 nitrogen and oxygen atoms in total. The highest BCUT2D eigenvalue weighted by atomic mass is 35.5. The van der Waals surface area contributed by atoms with Crippen LogP contribution in [0.3, 0.4) is 0 Å². The molecule has 0 unspecified atom stereocenters. The van der Waals surface area contributed by atoms with E-state index in [4.69, 9.17) is 16.4 Å². The van der Waals surface area contributed by atoms with Crippen LogP contribution < -0.4 is 20.2 Å². The van der Waals surface area contributed by atoms with Crippen molar-refractivity contribution in [3.8, 4) is 11.1 Å². The maximum absolute atomic E-state index is 14.8. The number of allylic oxidation sites excluding steroid dienone is 2. The van der Waals surface area contributed by atoms with E-state index in [0.717, 1.165) is 6.07 Å². The third-order valence-corrected chi connectivity index (χ3v) is 7.31. The van der Waals surface area contributed by atoms with Crippen molar-refractivity contribution >= 4 is 46.9 Å². The number of nitrogens with zero attached hydrogens (tertiary/aromatic N) is 2. The summed E-state index contributed by atoms with van der Waals surface area (Å²) in [6, 6.07) is 10.7. The summed E-state index contributed by atoms with van der Waals surface area (Å²) in [6.45, 7) is 6.14. The van der Waals surface area contributed by atoms with E-state index in [1.54, 1.807) is 43.5 Å². The maximum Gasteiger partial charge on any atom is 0.411 e. The molecule has 1 aliphatic heterocycles. The van der Waals surface area contributed by atoms with Crippen LogP contribution >= 0.6 is 11.6 Å². The van der Waals surface area contributed by atoms with Gasteiger partial charge in [0, 0.05) is 34.7 Å². The van der Waals surface area contributed by atoms with Gasteiger partial charge in [0.05, 0.1) is 40.6 Å². The standard InChI is InChI=1S/C32H31ClF2N4O4/c1-5-36-26-16-19(2)22(28-15-10-20(18-39(28)43-4)30-25(34)14-13-24(33)31(30)35)8-6-7-9-29(40)38-27-17-21(11-12-23(26)27)37-32(41)42-3/h5,10-18,22H,2,6-9H2,1,3-4H3,(H-,37,38,40,41)/p+1/b26-16-,36-5?/t22-/m0/s1. The molecule has 2 N–H and O–H groups in total. The molecule has 1 aromatic heterocycles. The zero-order valence-electron chi connectivity index (χ0n) is 24.0. The molecule has 0 spiro atoms. The zero-order valence-corrected chi connectivity index (χ0v) is 24.8. The van der Waals surface area contributed by atoms with Gasteiger partial charge in [0.15, 0.2) is 5.82 Å². The highest BCUT2D eigenvalue weighted by Gasteiger charge is 2.28. The topological polar surface area (TPSA) is 92.9 Å². The van der Waals surface area contributed by atoms with E-state index >= 15 is 0 Å². The summed E-state index contributed by atoms with van der Waals surface area (Å²) in [5.41, 5.74) is 3.42. The van der Waals surface area contributed by atoms with E-state index in [0.29, 0.717) is 53.2 Å². The van der Waals surface area contributed by atoms with Gasteiger partial charge in [0.2, 0.25) is 17.8 Å². The number of anilines is 2. The first-order valence-electron chi connectivity index (χ1n) is 13.6. The average Bonchev–Trinajstić information content (AvgIpc) is 2.98. The van der Waals surface area contributed by atoms with Crippen molar-refractivity contribution in [1.82, 2.24) is 0 Å². The summed E-state index contributed by atoms with van der Waals surface area (Å²) in [5.74, 6) is -2.09. The highest BCUT2D eigenvalue weighted by molar-refractivity contribution is 6.31. The van der Waals surface area contributed by atoms with Crippen molar-refractivity contribution in [2.24, 2.45) is 4.99 Å². The van der Waals surface area contributed by atoms with E-state index in [1.165, 1.54) is 31.2 Å². The summed E-state index contributed by atoms with van der Waals surface area (Å²) in [5, 5.41) is 5.36. The molecule has 224 valence electrons. The lowest BCUT2D eigenvalue weighted by Gasteiger charge is -2.19. The Bertz CT molecular complexity index is 1620. The monoisotopic (exact) mass is 609 g/mol. The van der Waals surface area contributed by atoms with E-state index in [-0.39, 0.29) is 34.4 Å². The minimum Gasteiger partial charge on any atom is -0.453 e. The summed E-state index contributed by atoms with van der Waals surface area (Å²) in [4.78, 5) is 34.9. The lowest BCUT2D eigenvalue weighted by atomic mass is 9.88. The van der Waals surface area contributed by atoms with Crippen LogP contribution in [0.5, 0.6) is 0 Å². The maximum atomic E-state index is 14.8. The first-order valence-corrected chi connectivity index (χ1v) is 14.0.